The van der Waals surface area contributed by atoms with E-state index in [1.165, 1.54) is 0 Å². The molecule has 1 saturated carbocycles. The van der Waals surface area contributed by atoms with E-state index in [0.29, 0.717) is 24.4 Å². The molecular weight excluding hydrogens is 330 g/mol. The van der Waals surface area contributed by atoms with Crippen LogP contribution in [0.5, 0.6) is 0 Å². The molecule has 0 bridgehead atoms. The molecule has 2 aromatic rings. The van der Waals surface area contributed by atoms with Crippen LogP contribution in [-0.2, 0) is 20.9 Å². The Balaban J connectivity index is 1.67. The smallest absolute Gasteiger partial charge is 0.317 e. The van der Waals surface area contributed by atoms with Crippen molar-refractivity contribution in [3.8, 4) is 0 Å². The van der Waals surface area contributed by atoms with Gasteiger partial charge in [-0.05, 0) is 24.3 Å². The summed E-state index contributed by atoms with van der Waals surface area (Å²) in [7, 11) is 0. The van der Waals surface area contributed by atoms with Gasteiger partial charge < -0.3 is 9.26 Å². The first-order valence-electron chi connectivity index (χ1n) is 9.23. The first kappa shape index (κ1) is 18.4. The van der Waals surface area contributed by atoms with Crippen molar-refractivity contribution < 1.29 is 18.8 Å². The minimum Gasteiger partial charge on any atom is -0.460 e. The van der Waals surface area contributed by atoms with E-state index in [1.54, 1.807) is 0 Å². The summed E-state index contributed by atoms with van der Waals surface area (Å²) in [6.45, 7) is 4.18. The highest BCUT2D eigenvalue weighted by Gasteiger charge is 2.31. The van der Waals surface area contributed by atoms with E-state index in [4.69, 9.17) is 9.26 Å². The number of ketones is 1. The Morgan fingerprint density at radius 2 is 1.92 bits per heavy atom. The second kappa shape index (κ2) is 8.30. The first-order valence-corrected chi connectivity index (χ1v) is 9.23. The van der Waals surface area contributed by atoms with Gasteiger partial charge in [0.2, 0.25) is 0 Å². The molecule has 0 amide bonds. The lowest BCUT2D eigenvalue weighted by Crippen LogP contribution is -2.20. The molecule has 0 N–H and O–H groups in total. The van der Waals surface area contributed by atoms with Crippen LogP contribution in [-0.4, -0.2) is 16.9 Å². The van der Waals surface area contributed by atoms with Gasteiger partial charge in [0, 0.05) is 24.8 Å². The number of benzene rings is 1. The topological polar surface area (TPSA) is 69.4 Å². The van der Waals surface area contributed by atoms with Gasteiger partial charge in [0.05, 0.1) is 5.69 Å². The molecule has 0 aliphatic heterocycles. The van der Waals surface area contributed by atoms with Crippen molar-refractivity contribution in [3.63, 3.8) is 0 Å². The van der Waals surface area contributed by atoms with Gasteiger partial charge in [-0.3, -0.25) is 9.59 Å². The Morgan fingerprint density at radius 1 is 1.23 bits per heavy atom. The molecule has 5 heteroatoms. The number of ether oxygens (including phenoxy) is 1. The van der Waals surface area contributed by atoms with E-state index in [9.17, 15) is 9.59 Å². The summed E-state index contributed by atoms with van der Waals surface area (Å²) in [5.74, 6) is 0.348. The number of hydrogen-bond donors (Lipinski definition) is 0. The van der Waals surface area contributed by atoms with Crippen molar-refractivity contribution in [2.24, 2.45) is 5.92 Å². The van der Waals surface area contributed by atoms with Gasteiger partial charge in [0.1, 0.15) is 18.3 Å². The lowest BCUT2D eigenvalue weighted by Gasteiger charge is -2.18. The highest BCUT2D eigenvalue weighted by Crippen LogP contribution is 2.34. The highest BCUT2D eigenvalue weighted by atomic mass is 16.5. The molecule has 1 aromatic heterocycles. The third-order valence-corrected chi connectivity index (χ3v) is 4.96. The van der Waals surface area contributed by atoms with Crippen LogP contribution in [0.25, 0.3) is 0 Å². The van der Waals surface area contributed by atoms with Crippen molar-refractivity contribution in [2.75, 3.05) is 0 Å². The summed E-state index contributed by atoms with van der Waals surface area (Å²) in [6.07, 6.45) is 2.80. The van der Waals surface area contributed by atoms with Crippen LogP contribution < -0.4 is 0 Å². The van der Waals surface area contributed by atoms with Crippen LogP contribution in [0.3, 0.4) is 0 Å². The summed E-state index contributed by atoms with van der Waals surface area (Å²) in [5, 5.41) is 4.17. The normalized spacial score (nSPS) is 16.7. The average molecular weight is 355 g/mol. The number of Topliss-reactive ketones (excluding diaryl/α,β-unsaturated/α-hetero) is 1. The molecule has 0 radical (unpaired) electrons. The minimum atomic E-state index is -0.481. The largest absolute Gasteiger partial charge is 0.460 e. The molecule has 1 aliphatic rings. The standard InChI is InChI=1S/C21H25NO4/c1-14(2)20(21(24)25-13-15-6-4-3-5-7-15)19-12-18(22-26-19)16-8-10-17(23)11-9-16/h3-7,12,14,16,20H,8-11,13H2,1-2H3/t20-/m1/s1. The molecule has 0 spiro atoms. The second-order valence-electron chi connectivity index (χ2n) is 7.28. The summed E-state index contributed by atoms with van der Waals surface area (Å²) < 4.78 is 11.0. The van der Waals surface area contributed by atoms with Crippen molar-refractivity contribution >= 4 is 11.8 Å². The average Bonchev–Trinajstić information content (AvgIpc) is 3.11. The van der Waals surface area contributed by atoms with Crippen molar-refractivity contribution in [1.82, 2.24) is 5.16 Å². The maximum absolute atomic E-state index is 12.6. The van der Waals surface area contributed by atoms with E-state index in [-0.39, 0.29) is 24.4 Å². The zero-order chi connectivity index (χ0) is 18.5. The molecule has 1 aromatic carbocycles. The van der Waals surface area contributed by atoms with Gasteiger partial charge in [-0.15, -0.1) is 0 Å². The van der Waals surface area contributed by atoms with Crippen LogP contribution in [0.2, 0.25) is 0 Å². The predicted octanol–water partition coefficient (Wildman–Crippen LogP) is 4.38. The van der Waals surface area contributed by atoms with Gasteiger partial charge >= 0.3 is 5.97 Å². The van der Waals surface area contributed by atoms with Gasteiger partial charge in [0.25, 0.3) is 0 Å². The Labute approximate surface area is 153 Å². The number of rotatable bonds is 6. The molecule has 1 aliphatic carbocycles. The monoisotopic (exact) mass is 355 g/mol. The molecule has 0 saturated heterocycles. The molecule has 138 valence electrons. The molecule has 5 nitrogen and oxygen atoms in total. The maximum atomic E-state index is 12.6. The number of esters is 1. The van der Waals surface area contributed by atoms with E-state index in [2.05, 4.69) is 5.16 Å². The number of hydrogen-bond acceptors (Lipinski definition) is 5. The zero-order valence-corrected chi connectivity index (χ0v) is 15.3. The molecule has 1 fully saturated rings. The minimum absolute atomic E-state index is 0.0343. The Bertz CT molecular complexity index is 740. The van der Waals surface area contributed by atoms with Crippen LogP contribution in [0.15, 0.2) is 40.9 Å². The summed E-state index contributed by atoms with van der Waals surface area (Å²) in [4.78, 5) is 24.0. The Morgan fingerprint density at radius 3 is 2.58 bits per heavy atom. The fraction of sp³-hybridized carbons (Fsp3) is 0.476. The predicted molar refractivity (Wildman–Crippen MR) is 96.5 cm³/mol. The van der Waals surface area contributed by atoms with Crippen molar-refractivity contribution in [1.29, 1.82) is 0 Å². The fourth-order valence-electron chi connectivity index (χ4n) is 3.41. The van der Waals surface area contributed by atoms with Gasteiger partial charge in [-0.2, -0.15) is 0 Å². The van der Waals surface area contributed by atoms with E-state index in [1.807, 2.05) is 50.2 Å². The molecule has 3 rings (SSSR count). The molecule has 0 unspecified atom stereocenters. The fourth-order valence-corrected chi connectivity index (χ4v) is 3.41. The molecule has 1 heterocycles. The summed E-state index contributed by atoms with van der Waals surface area (Å²) in [6, 6.07) is 11.5. The van der Waals surface area contributed by atoms with Crippen LogP contribution >= 0.6 is 0 Å². The Hall–Kier alpha value is -2.43. The van der Waals surface area contributed by atoms with E-state index >= 15 is 0 Å². The SMILES string of the molecule is CC(C)[C@@H](C(=O)OCc1ccccc1)c1cc(C2CCC(=O)CC2)no1. The summed E-state index contributed by atoms with van der Waals surface area (Å²) in [5.41, 5.74) is 1.79. The van der Waals surface area contributed by atoms with Crippen LogP contribution in [0.4, 0.5) is 0 Å². The number of carbonyl (C=O) groups is 2. The molecule has 26 heavy (non-hydrogen) atoms. The lowest BCUT2D eigenvalue weighted by atomic mass is 9.85. The van der Waals surface area contributed by atoms with E-state index < -0.39 is 5.92 Å². The van der Waals surface area contributed by atoms with Crippen molar-refractivity contribution in [3.05, 3.63) is 53.4 Å². The molecular formula is C21H25NO4. The highest BCUT2D eigenvalue weighted by molar-refractivity contribution is 5.79. The quantitative estimate of drug-likeness (QED) is 0.719. The van der Waals surface area contributed by atoms with Gasteiger partial charge in [-0.25, -0.2) is 0 Å². The first-order chi connectivity index (χ1) is 12.5. The number of carbonyl (C=O) groups excluding carboxylic acids is 2. The number of nitrogens with zero attached hydrogens (tertiary/aromatic N) is 1. The lowest BCUT2D eigenvalue weighted by molar-refractivity contribution is -0.148. The van der Waals surface area contributed by atoms with Crippen LogP contribution in [0, 0.1) is 5.92 Å². The van der Waals surface area contributed by atoms with Crippen LogP contribution in [0.1, 0.15) is 68.4 Å². The van der Waals surface area contributed by atoms with Crippen molar-refractivity contribution in [2.45, 2.75) is 58.0 Å². The Kier molecular flexibility index (Phi) is 5.86. The van der Waals surface area contributed by atoms with E-state index in [0.717, 1.165) is 24.1 Å². The van der Waals surface area contributed by atoms with Gasteiger partial charge in [-0.1, -0.05) is 49.3 Å². The third-order valence-electron chi connectivity index (χ3n) is 4.96. The second-order valence-corrected chi connectivity index (χ2v) is 7.28. The zero-order valence-electron chi connectivity index (χ0n) is 15.3. The molecule has 1 atom stereocenters. The number of aromatic nitrogens is 1. The maximum Gasteiger partial charge on any atom is 0.317 e. The third kappa shape index (κ3) is 4.40. The van der Waals surface area contributed by atoms with Gasteiger partial charge in [0.15, 0.2) is 5.76 Å². The summed E-state index contributed by atoms with van der Waals surface area (Å²) >= 11 is 0.